The second kappa shape index (κ2) is 10.3. The summed E-state index contributed by atoms with van der Waals surface area (Å²) in [7, 11) is 0. The largest absolute Gasteiger partial charge is 0.378 e. The Morgan fingerprint density at radius 3 is 2.75 bits per heavy atom. The number of hydrogen-bond acceptors (Lipinski definition) is 6. The van der Waals surface area contributed by atoms with Crippen molar-refractivity contribution in [2.24, 2.45) is 5.73 Å². The van der Waals surface area contributed by atoms with E-state index in [1.54, 1.807) is 0 Å². The zero-order valence-electron chi connectivity index (χ0n) is 16.5. The predicted molar refractivity (Wildman–Crippen MR) is 115 cm³/mol. The summed E-state index contributed by atoms with van der Waals surface area (Å²) >= 11 is 1.53. The molecular weight excluding hydrogens is 400 g/mol. The van der Waals surface area contributed by atoms with Crippen molar-refractivity contribution >= 4 is 39.9 Å². The van der Waals surface area contributed by atoms with Gasteiger partial charge in [0.2, 0.25) is 5.91 Å². The molecule has 0 spiro atoms. The van der Waals surface area contributed by atoms with Crippen molar-refractivity contribution < 1.29 is 9.53 Å². The van der Waals surface area contributed by atoms with Crippen LogP contribution < -0.4 is 11.3 Å². The molecule has 2 aromatic rings. The molecular formula is C19H29ClN4O3S. The zero-order valence-corrected chi connectivity index (χ0v) is 18.1. The summed E-state index contributed by atoms with van der Waals surface area (Å²) in [6, 6.07) is 0. The van der Waals surface area contributed by atoms with Gasteiger partial charge in [0.05, 0.1) is 11.5 Å². The highest BCUT2D eigenvalue weighted by molar-refractivity contribution is 7.18. The van der Waals surface area contributed by atoms with E-state index in [-0.39, 0.29) is 30.0 Å². The first-order chi connectivity index (χ1) is 13.0. The summed E-state index contributed by atoms with van der Waals surface area (Å²) in [5.74, 6) is 0.693. The molecule has 7 nitrogen and oxygen atoms in total. The van der Waals surface area contributed by atoms with Gasteiger partial charge in [-0.3, -0.25) is 9.59 Å². The lowest BCUT2D eigenvalue weighted by Gasteiger charge is -2.32. The Morgan fingerprint density at radius 1 is 1.36 bits per heavy atom. The van der Waals surface area contributed by atoms with Gasteiger partial charge in [0.1, 0.15) is 10.7 Å². The molecule has 0 bridgehead atoms. The van der Waals surface area contributed by atoms with Crippen molar-refractivity contribution in [3.8, 4) is 0 Å². The van der Waals surface area contributed by atoms with Crippen LogP contribution in [0.5, 0.6) is 0 Å². The highest BCUT2D eigenvalue weighted by Crippen LogP contribution is 2.25. The fraction of sp³-hybridized carbons (Fsp3) is 0.632. The molecule has 0 aromatic carbocycles. The maximum Gasteiger partial charge on any atom is 0.259 e. The molecule has 2 aromatic heterocycles. The number of nitrogens with zero attached hydrogens (tertiary/aromatic N) is 2. The van der Waals surface area contributed by atoms with E-state index >= 15 is 0 Å². The average molecular weight is 429 g/mol. The third-order valence-corrected chi connectivity index (χ3v) is 6.26. The van der Waals surface area contributed by atoms with E-state index in [9.17, 15) is 9.59 Å². The van der Waals surface area contributed by atoms with Crippen LogP contribution in [0.3, 0.4) is 0 Å². The smallest absolute Gasteiger partial charge is 0.259 e. The number of likely N-dealkylation sites (tertiary alicyclic amines) is 1. The van der Waals surface area contributed by atoms with Crippen LogP contribution in [0.4, 0.5) is 0 Å². The number of amides is 1. The molecule has 1 saturated heterocycles. The number of aromatic amines is 1. The zero-order chi connectivity index (χ0) is 19.4. The minimum Gasteiger partial charge on any atom is -0.378 e. The van der Waals surface area contributed by atoms with E-state index in [0.717, 1.165) is 47.6 Å². The van der Waals surface area contributed by atoms with Gasteiger partial charge in [-0.1, -0.05) is 0 Å². The van der Waals surface area contributed by atoms with Crippen molar-refractivity contribution in [2.45, 2.75) is 52.1 Å². The molecule has 3 heterocycles. The third kappa shape index (κ3) is 5.31. The van der Waals surface area contributed by atoms with Crippen molar-refractivity contribution in [1.82, 2.24) is 14.9 Å². The van der Waals surface area contributed by atoms with Gasteiger partial charge in [-0.05, 0) is 45.2 Å². The molecule has 0 unspecified atom stereocenters. The Kier molecular flexibility index (Phi) is 8.42. The van der Waals surface area contributed by atoms with Gasteiger partial charge in [-0.25, -0.2) is 4.98 Å². The lowest BCUT2D eigenvalue weighted by Crippen LogP contribution is -2.41. The molecule has 156 valence electrons. The van der Waals surface area contributed by atoms with Gasteiger partial charge >= 0.3 is 0 Å². The summed E-state index contributed by atoms with van der Waals surface area (Å²) in [6.07, 6.45) is 3.64. The van der Waals surface area contributed by atoms with Crippen molar-refractivity contribution in [3.63, 3.8) is 0 Å². The molecule has 0 atom stereocenters. The predicted octanol–water partition coefficient (Wildman–Crippen LogP) is 2.31. The number of ether oxygens (including phenoxy) is 1. The highest BCUT2D eigenvalue weighted by Gasteiger charge is 2.23. The first kappa shape index (κ1) is 22.8. The van der Waals surface area contributed by atoms with E-state index in [1.807, 2.05) is 18.7 Å². The summed E-state index contributed by atoms with van der Waals surface area (Å²) in [5, 5.41) is 0.671. The Hall–Kier alpha value is -1.48. The molecule has 3 rings (SSSR count). The fourth-order valence-corrected chi connectivity index (χ4v) is 4.46. The number of aromatic nitrogens is 2. The molecule has 1 fully saturated rings. The van der Waals surface area contributed by atoms with Crippen LogP contribution >= 0.6 is 23.7 Å². The van der Waals surface area contributed by atoms with Crippen LogP contribution in [-0.2, 0) is 16.0 Å². The van der Waals surface area contributed by atoms with Crippen LogP contribution in [0.25, 0.3) is 10.2 Å². The summed E-state index contributed by atoms with van der Waals surface area (Å²) in [5.41, 5.74) is 6.35. The number of piperidine rings is 1. The first-order valence-electron chi connectivity index (χ1n) is 9.58. The SMILES string of the molecule is Cc1sc2nc(CCC(=O)N3CCC(OCCCN)CC3)[nH]c(=O)c2c1C.Cl. The Bertz CT molecular complexity index is 859. The van der Waals surface area contributed by atoms with Crippen molar-refractivity contribution in [2.75, 3.05) is 26.2 Å². The van der Waals surface area contributed by atoms with E-state index in [4.69, 9.17) is 10.5 Å². The second-order valence-electron chi connectivity index (χ2n) is 7.07. The van der Waals surface area contributed by atoms with Crippen LogP contribution in [0.1, 0.15) is 41.9 Å². The van der Waals surface area contributed by atoms with E-state index in [2.05, 4.69) is 9.97 Å². The number of thiophene rings is 1. The van der Waals surface area contributed by atoms with Gasteiger partial charge in [0.25, 0.3) is 5.56 Å². The van der Waals surface area contributed by atoms with E-state index in [1.165, 1.54) is 11.3 Å². The van der Waals surface area contributed by atoms with Gasteiger partial charge in [-0.2, -0.15) is 0 Å². The van der Waals surface area contributed by atoms with Crippen molar-refractivity contribution in [3.05, 3.63) is 26.6 Å². The van der Waals surface area contributed by atoms with Crippen molar-refractivity contribution in [1.29, 1.82) is 0 Å². The Balaban J connectivity index is 0.00000280. The Labute approximate surface area is 175 Å². The first-order valence-corrected chi connectivity index (χ1v) is 10.4. The average Bonchev–Trinajstić information content (AvgIpc) is 2.95. The normalized spacial score (nSPS) is 15.0. The van der Waals surface area contributed by atoms with Gasteiger partial charge in [-0.15, -0.1) is 23.7 Å². The lowest BCUT2D eigenvalue weighted by atomic mass is 10.1. The number of fused-ring (bicyclic) bond motifs is 1. The number of carbonyl (C=O) groups is 1. The molecule has 3 N–H and O–H groups in total. The molecule has 1 aliphatic heterocycles. The third-order valence-electron chi connectivity index (χ3n) is 5.16. The van der Waals surface area contributed by atoms with Gasteiger partial charge < -0.3 is 20.4 Å². The summed E-state index contributed by atoms with van der Waals surface area (Å²) in [4.78, 5) is 36.0. The van der Waals surface area contributed by atoms with Gasteiger partial charge in [0.15, 0.2) is 0 Å². The van der Waals surface area contributed by atoms with Crippen LogP contribution in [0.2, 0.25) is 0 Å². The van der Waals surface area contributed by atoms with E-state index in [0.29, 0.717) is 37.2 Å². The molecule has 1 aliphatic rings. The molecule has 28 heavy (non-hydrogen) atoms. The number of halogens is 1. The fourth-order valence-electron chi connectivity index (χ4n) is 3.41. The standard InChI is InChI=1S/C19H28N4O3S.ClH/c1-12-13(2)27-19-17(12)18(25)21-15(22-19)4-5-16(24)23-9-6-14(7-10-23)26-11-3-8-20;/h14H,3-11,20H2,1-2H3,(H,21,22,25);1H. The van der Waals surface area contributed by atoms with Gasteiger partial charge in [0, 0.05) is 37.4 Å². The van der Waals surface area contributed by atoms with Crippen LogP contribution in [-0.4, -0.2) is 53.1 Å². The Morgan fingerprint density at radius 2 is 2.07 bits per heavy atom. The minimum atomic E-state index is -0.111. The second-order valence-corrected chi connectivity index (χ2v) is 8.27. The quantitative estimate of drug-likeness (QED) is 0.659. The van der Waals surface area contributed by atoms with Crippen LogP contribution in [0, 0.1) is 13.8 Å². The topological polar surface area (TPSA) is 101 Å². The number of H-pyrrole nitrogens is 1. The lowest BCUT2D eigenvalue weighted by molar-refractivity contribution is -0.133. The number of nitrogens with one attached hydrogen (secondary N) is 1. The number of carbonyl (C=O) groups excluding carboxylic acids is 1. The molecule has 0 aliphatic carbocycles. The molecule has 0 radical (unpaired) electrons. The maximum absolute atomic E-state index is 12.5. The minimum absolute atomic E-state index is 0. The number of aryl methyl sites for hydroxylation is 3. The highest BCUT2D eigenvalue weighted by atomic mass is 35.5. The summed E-state index contributed by atoms with van der Waals surface area (Å²) in [6.45, 7) is 6.71. The number of rotatable bonds is 7. The van der Waals surface area contributed by atoms with E-state index < -0.39 is 0 Å². The number of hydrogen-bond donors (Lipinski definition) is 2. The number of nitrogens with two attached hydrogens (primary N) is 1. The maximum atomic E-state index is 12.5. The molecule has 9 heteroatoms. The summed E-state index contributed by atoms with van der Waals surface area (Å²) < 4.78 is 5.78. The monoisotopic (exact) mass is 428 g/mol. The molecule has 0 saturated carbocycles. The molecule has 1 amide bonds. The van der Waals surface area contributed by atoms with Crippen LogP contribution in [0.15, 0.2) is 4.79 Å².